The van der Waals surface area contributed by atoms with E-state index in [1.54, 1.807) is 0 Å². The van der Waals surface area contributed by atoms with Crippen LogP contribution in [-0.2, 0) is 22.5 Å². The van der Waals surface area contributed by atoms with Crippen LogP contribution in [0.2, 0.25) is 5.15 Å². The lowest BCUT2D eigenvalue weighted by Gasteiger charge is -2.11. The molecule has 4 aromatic rings. The largest absolute Gasteiger partial charge is 0.453 e. The first kappa shape index (κ1) is 30.0. The van der Waals surface area contributed by atoms with Crippen molar-refractivity contribution in [3.63, 3.8) is 0 Å². The maximum absolute atomic E-state index is 12.3. The molecule has 0 radical (unpaired) electrons. The number of rotatable bonds is 14. The SMILES string of the molecule is CCCCc1nc(Cl)c(C=O)n1Cc1ccc(-c2ccccc2-c2nnn(C(=O)OCCCCON(O)O)n2)cc1. The standard InChI is InChI=1S/C27H30ClN7O6/c1-2-3-10-24-29-25(28)23(18-36)33(24)17-19-11-13-20(14-12-19)21-8-4-5-9-22(21)26-30-32-34(31-26)27(37)40-15-6-7-16-41-35(38)39/h4-5,8-9,11-14,18,38-39H,2-3,6-7,10,15-17H2,1H3. The molecular formula is C27H30ClN7O6. The molecule has 0 unspecified atom stereocenters. The molecule has 0 fully saturated rings. The molecule has 0 bridgehead atoms. The summed E-state index contributed by atoms with van der Waals surface area (Å²) in [6.07, 6.45) is 3.51. The maximum atomic E-state index is 12.3. The quantitative estimate of drug-likeness (QED) is 0.119. The molecule has 0 aliphatic rings. The molecule has 2 N–H and O–H groups in total. The highest BCUT2D eigenvalue weighted by Gasteiger charge is 2.18. The molecule has 4 rings (SSSR count). The average molecular weight is 584 g/mol. The van der Waals surface area contributed by atoms with Crippen LogP contribution in [0.5, 0.6) is 0 Å². The summed E-state index contributed by atoms with van der Waals surface area (Å²) < 4.78 is 7.00. The number of hydrogen-bond donors (Lipinski definition) is 2. The van der Waals surface area contributed by atoms with E-state index in [0.717, 1.165) is 52.9 Å². The van der Waals surface area contributed by atoms with E-state index in [4.69, 9.17) is 26.8 Å². The lowest BCUT2D eigenvalue weighted by atomic mass is 9.98. The molecule has 2 heterocycles. The van der Waals surface area contributed by atoms with Gasteiger partial charge in [-0.15, -0.1) is 10.2 Å². The van der Waals surface area contributed by atoms with Crippen molar-refractivity contribution in [2.75, 3.05) is 13.2 Å². The fourth-order valence-electron chi connectivity index (χ4n) is 4.16. The molecule has 0 amide bonds. The van der Waals surface area contributed by atoms with Gasteiger partial charge in [0.15, 0.2) is 11.4 Å². The summed E-state index contributed by atoms with van der Waals surface area (Å²) in [6, 6.07) is 15.4. The van der Waals surface area contributed by atoms with Gasteiger partial charge in [0.25, 0.3) is 0 Å². The van der Waals surface area contributed by atoms with Gasteiger partial charge in [0, 0.05) is 18.5 Å². The monoisotopic (exact) mass is 583 g/mol. The Bertz CT molecular complexity index is 1450. The van der Waals surface area contributed by atoms with Crippen molar-refractivity contribution in [3.05, 3.63) is 70.8 Å². The van der Waals surface area contributed by atoms with Crippen molar-refractivity contribution in [2.24, 2.45) is 0 Å². The number of nitrogens with zero attached hydrogens (tertiary/aromatic N) is 7. The van der Waals surface area contributed by atoms with Crippen molar-refractivity contribution >= 4 is 24.0 Å². The smallest absolute Gasteiger partial charge is 0.447 e. The van der Waals surface area contributed by atoms with Crippen LogP contribution in [0.4, 0.5) is 4.79 Å². The highest BCUT2D eigenvalue weighted by Crippen LogP contribution is 2.30. The minimum absolute atomic E-state index is 0.0473. The fraction of sp³-hybridized carbons (Fsp3) is 0.333. The Balaban J connectivity index is 1.45. The number of aldehydes is 1. The van der Waals surface area contributed by atoms with Crippen molar-refractivity contribution in [1.29, 1.82) is 0 Å². The lowest BCUT2D eigenvalue weighted by Crippen LogP contribution is -2.18. The Kier molecular flexibility index (Phi) is 10.6. The first-order valence-electron chi connectivity index (χ1n) is 13.1. The number of unbranched alkanes of at least 4 members (excludes halogenated alkanes) is 2. The first-order chi connectivity index (χ1) is 19.9. The van der Waals surface area contributed by atoms with E-state index in [1.165, 1.54) is 0 Å². The van der Waals surface area contributed by atoms with Crippen LogP contribution in [0.25, 0.3) is 22.5 Å². The Morgan fingerprint density at radius 2 is 1.78 bits per heavy atom. The highest BCUT2D eigenvalue weighted by molar-refractivity contribution is 6.31. The van der Waals surface area contributed by atoms with Crippen LogP contribution in [0, 0.1) is 0 Å². The summed E-state index contributed by atoms with van der Waals surface area (Å²) in [5.74, 6) is 1.04. The number of carbonyl (C=O) groups excluding carboxylic acids is 2. The Labute approximate surface area is 240 Å². The summed E-state index contributed by atoms with van der Waals surface area (Å²) in [5, 5.41) is 28.9. The Morgan fingerprint density at radius 1 is 1.05 bits per heavy atom. The molecule has 0 saturated carbocycles. The lowest BCUT2D eigenvalue weighted by molar-refractivity contribution is -0.492. The van der Waals surface area contributed by atoms with Crippen LogP contribution in [0.3, 0.4) is 0 Å². The molecule has 216 valence electrons. The third-order valence-electron chi connectivity index (χ3n) is 6.23. The molecule has 14 heteroatoms. The predicted octanol–water partition coefficient (Wildman–Crippen LogP) is 4.84. The van der Waals surface area contributed by atoms with Gasteiger partial charge in [-0.1, -0.05) is 78.3 Å². The molecule has 0 saturated heterocycles. The molecule has 0 aliphatic heterocycles. The molecular weight excluding hydrogens is 554 g/mol. The number of hydrogen-bond acceptors (Lipinski definition) is 11. The fourth-order valence-corrected chi connectivity index (χ4v) is 4.41. The molecule has 0 spiro atoms. The molecule has 0 aliphatic carbocycles. The summed E-state index contributed by atoms with van der Waals surface area (Å²) in [5.41, 5.74) is 3.77. The zero-order chi connectivity index (χ0) is 29.2. The number of aryl methyl sites for hydroxylation is 1. The summed E-state index contributed by atoms with van der Waals surface area (Å²) >= 11 is 6.22. The number of ether oxygens (including phenoxy) is 1. The van der Waals surface area contributed by atoms with E-state index in [-0.39, 0.29) is 29.6 Å². The summed E-state index contributed by atoms with van der Waals surface area (Å²) in [7, 11) is 0. The topological polar surface area (TPSA) is 158 Å². The molecule has 2 aromatic heterocycles. The number of carbonyl (C=O) groups is 2. The molecule has 41 heavy (non-hydrogen) atoms. The number of aromatic nitrogens is 6. The van der Waals surface area contributed by atoms with Crippen LogP contribution in [0.15, 0.2) is 48.5 Å². The van der Waals surface area contributed by atoms with Gasteiger partial charge in [0.1, 0.15) is 11.5 Å². The summed E-state index contributed by atoms with van der Waals surface area (Å²) in [6.45, 7) is 2.67. The summed E-state index contributed by atoms with van der Waals surface area (Å²) in [4.78, 5) is 33.6. The first-order valence-corrected chi connectivity index (χ1v) is 13.5. The zero-order valence-electron chi connectivity index (χ0n) is 22.4. The van der Waals surface area contributed by atoms with Gasteiger partial charge in [0.2, 0.25) is 5.82 Å². The van der Waals surface area contributed by atoms with E-state index in [9.17, 15) is 9.59 Å². The van der Waals surface area contributed by atoms with E-state index < -0.39 is 6.09 Å². The van der Waals surface area contributed by atoms with Gasteiger partial charge in [-0.25, -0.2) is 9.78 Å². The van der Waals surface area contributed by atoms with Crippen LogP contribution in [-0.4, -0.2) is 71.2 Å². The van der Waals surface area contributed by atoms with Crippen molar-refractivity contribution in [2.45, 2.75) is 45.6 Å². The molecule has 0 atom stereocenters. The predicted molar refractivity (Wildman–Crippen MR) is 146 cm³/mol. The third kappa shape index (κ3) is 7.80. The van der Waals surface area contributed by atoms with Crippen molar-refractivity contribution < 1.29 is 29.6 Å². The number of halogens is 1. The Hall–Kier alpha value is -4.01. The second kappa shape index (κ2) is 14.6. The second-order valence-electron chi connectivity index (χ2n) is 9.06. The second-order valence-corrected chi connectivity index (χ2v) is 9.42. The minimum atomic E-state index is -0.787. The van der Waals surface area contributed by atoms with E-state index in [2.05, 4.69) is 32.2 Å². The van der Waals surface area contributed by atoms with Crippen molar-refractivity contribution in [3.8, 4) is 22.5 Å². The van der Waals surface area contributed by atoms with Gasteiger partial charge >= 0.3 is 6.09 Å². The van der Waals surface area contributed by atoms with Gasteiger partial charge in [-0.05, 0) is 41.2 Å². The van der Waals surface area contributed by atoms with E-state index in [0.29, 0.717) is 30.6 Å². The normalized spacial score (nSPS) is 11.2. The van der Waals surface area contributed by atoms with Gasteiger partial charge in [0.05, 0.1) is 18.6 Å². The minimum Gasteiger partial charge on any atom is -0.447 e. The van der Waals surface area contributed by atoms with Crippen LogP contribution < -0.4 is 0 Å². The van der Waals surface area contributed by atoms with E-state index >= 15 is 0 Å². The van der Waals surface area contributed by atoms with E-state index in [1.807, 2.05) is 53.1 Å². The Morgan fingerprint density at radius 3 is 2.49 bits per heavy atom. The third-order valence-corrected chi connectivity index (χ3v) is 6.51. The number of tetrazole rings is 1. The highest BCUT2D eigenvalue weighted by atomic mass is 35.5. The number of imidazole rings is 1. The van der Waals surface area contributed by atoms with Crippen LogP contribution >= 0.6 is 11.6 Å². The maximum Gasteiger partial charge on any atom is 0.453 e. The molecule has 13 nitrogen and oxygen atoms in total. The molecule has 2 aromatic carbocycles. The van der Waals surface area contributed by atoms with Gasteiger partial charge < -0.3 is 9.30 Å². The number of benzene rings is 2. The van der Waals surface area contributed by atoms with Gasteiger partial charge in [-0.3, -0.25) is 20.0 Å². The zero-order valence-corrected chi connectivity index (χ0v) is 23.1. The van der Waals surface area contributed by atoms with Gasteiger partial charge in [-0.2, -0.15) is 0 Å². The van der Waals surface area contributed by atoms with Crippen LogP contribution in [0.1, 0.15) is 54.5 Å². The average Bonchev–Trinajstić information content (AvgIpc) is 3.58. The van der Waals surface area contributed by atoms with Crippen molar-refractivity contribution in [1.82, 2.24) is 35.1 Å².